The number of rotatable bonds is 6. The minimum Gasteiger partial charge on any atom is -0.496 e. The molecule has 30 heavy (non-hydrogen) atoms. The Labute approximate surface area is 179 Å². The summed E-state index contributed by atoms with van der Waals surface area (Å²) in [6.45, 7) is 5.17. The molecule has 1 aliphatic heterocycles. The van der Waals surface area contributed by atoms with Crippen LogP contribution in [0.1, 0.15) is 48.7 Å². The summed E-state index contributed by atoms with van der Waals surface area (Å²) in [5, 5.41) is 0. The highest BCUT2D eigenvalue weighted by molar-refractivity contribution is 7.89. The van der Waals surface area contributed by atoms with E-state index in [0.717, 1.165) is 24.2 Å². The topological polar surface area (TPSA) is 66.9 Å². The summed E-state index contributed by atoms with van der Waals surface area (Å²) in [5.41, 5.74) is 1.36. The fraction of sp³-hybridized carbons (Fsp3) is 0.435. The molecule has 1 heterocycles. The lowest BCUT2D eigenvalue weighted by Gasteiger charge is -2.29. The van der Waals surface area contributed by atoms with Gasteiger partial charge in [-0.15, -0.1) is 0 Å². The van der Waals surface area contributed by atoms with Gasteiger partial charge in [0.1, 0.15) is 5.75 Å². The number of hydrogen-bond donors (Lipinski definition) is 0. The van der Waals surface area contributed by atoms with Crippen LogP contribution in [0.3, 0.4) is 0 Å². The molecule has 2 aromatic carbocycles. The van der Waals surface area contributed by atoms with Crippen LogP contribution in [0.2, 0.25) is 0 Å². The number of carbonyl (C=O) groups is 1. The summed E-state index contributed by atoms with van der Waals surface area (Å²) in [6.07, 6.45) is 1.75. The first-order valence-corrected chi connectivity index (χ1v) is 11.7. The molecule has 7 heteroatoms. The van der Waals surface area contributed by atoms with Gasteiger partial charge in [0.05, 0.1) is 18.0 Å². The van der Waals surface area contributed by atoms with Crippen molar-refractivity contribution in [3.8, 4) is 5.75 Å². The van der Waals surface area contributed by atoms with Gasteiger partial charge in [0, 0.05) is 31.3 Å². The quantitative estimate of drug-likeness (QED) is 0.696. The van der Waals surface area contributed by atoms with Crippen LogP contribution in [0, 0.1) is 5.92 Å². The molecule has 1 atom stereocenters. The van der Waals surface area contributed by atoms with Crippen molar-refractivity contribution >= 4 is 15.9 Å². The SMILES string of the molecule is COc1ccccc1[C@@H](C)N(C)C(=O)c1ccc(S(=O)(=O)N2CCC(C)CC2)cc1. The Bertz CT molecular complexity index is 981. The van der Waals surface area contributed by atoms with Gasteiger partial charge in [0.2, 0.25) is 10.0 Å². The van der Waals surface area contributed by atoms with Crippen LogP contribution >= 0.6 is 0 Å². The van der Waals surface area contributed by atoms with E-state index in [-0.39, 0.29) is 16.8 Å². The van der Waals surface area contributed by atoms with Gasteiger partial charge < -0.3 is 9.64 Å². The normalized spacial score (nSPS) is 16.8. The number of para-hydroxylation sites is 1. The minimum atomic E-state index is -3.52. The van der Waals surface area contributed by atoms with Crippen LogP contribution in [0.5, 0.6) is 5.75 Å². The molecule has 0 spiro atoms. The Balaban J connectivity index is 1.76. The standard InChI is InChI=1S/C23H30N2O4S/c1-17-13-15-25(16-14-17)30(27,28)20-11-9-19(10-12-20)23(26)24(3)18(2)21-7-5-6-8-22(21)29-4/h5-12,17-18H,13-16H2,1-4H3/t18-/m1/s1. The number of nitrogens with zero attached hydrogens (tertiary/aromatic N) is 2. The molecule has 1 amide bonds. The first-order valence-electron chi connectivity index (χ1n) is 10.3. The summed E-state index contributed by atoms with van der Waals surface area (Å²) in [5.74, 6) is 1.10. The number of piperidine rings is 1. The molecular formula is C23H30N2O4S. The maximum Gasteiger partial charge on any atom is 0.254 e. The number of benzene rings is 2. The molecule has 0 N–H and O–H groups in total. The molecule has 0 aromatic heterocycles. The lowest BCUT2D eigenvalue weighted by Crippen LogP contribution is -2.37. The Kier molecular flexibility index (Phi) is 6.83. The van der Waals surface area contributed by atoms with Crippen LogP contribution in [0.15, 0.2) is 53.4 Å². The van der Waals surface area contributed by atoms with E-state index in [1.807, 2.05) is 31.2 Å². The summed E-state index contributed by atoms with van der Waals surface area (Å²) in [6, 6.07) is 13.6. The van der Waals surface area contributed by atoms with Gasteiger partial charge in [-0.05, 0) is 56.0 Å². The Hall–Kier alpha value is -2.38. The number of methoxy groups -OCH3 is 1. The van der Waals surface area contributed by atoms with Crippen molar-refractivity contribution in [2.45, 2.75) is 37.6 Å². The zero-order chi connectivity index (χ0) is 21.9. The lowest BCUT2D eigenvalue weighted by atomic mass is 10.0. The zero-order valence-corrected chi connectivity index (χ0v) is 18.9. The first-order chi connectivity index (χ1) is 14.3. The van der Waals surface area contributed by atoms with Crippen LogP contribution in [0.4, 0.5) is 0 Å². The number of hydrogen-bond acceptors (Lipinski definition) is 4. The maximum atomic E-state index is 13.0. The van der Waals surface area contributed by atoms with Crippen LogP contribution in [-0.4, -0.2) is 50.8 Å². The molecule has 3 rings (SSSR count). The number of carbonyl (C=O) groups excluding carboxylic acids is 1. The third-order valence-corrected chi connectivity index (χ3v) is 7.88. The van der Waals surface area contributed by atoms with Crippen molar-refractivity contribution < 1.29 is 17.9 Å². The van der Waals surface area contributed by atoms with Crippen molar-refractivity contribution in [2.75, 3.05) is 27.2 Å². The fourth-order valence-corrected chi connectivity index (χ4v) is 5.21. The predicted octanol–water partition coefficient (Wildman–Crippen LogP) is 3.95. The monoisotopic (exact) mass is 430 g/mol. The maximum absolute atomic E-state index is 13.0. The van der Waals surface area contributed by atoms with Crippen LogP contribution < -0.4 is 4.74 Å². The second kappa shape index (κ2) is 9.18. The molecule has 0 unspecified atom stereocenters. The highest BCUT2D eigenvalue weighted by Crippen LogP contribution is 2.29. The average Bonchev–Trinajstić information content (AvgIpc) is 2.78. The summed E-state index contributed by atoms with van der Waals surface area (Å²) >= 11 is 0. The Morgan fingerprint density at radius 3 is 2.30 bits per heavy atom. The van der Waals surface area contributed by atoms with Gasteiger partial charge >= 0.3 is 0 Å². The van der Waals surface area contributed by atoms with Gasteiger partial charge in [0.15, 0.2) is 0 Å². The highest BCUT2D eigenvalue weighted by Gasteiger charge is 2.28. The molecule has 1 fully saturated rings. The van der Waals surface area contributed by atoms with E-state index in [1.165, 1.54) is 12.1 Å². The van der Waals surface area contributed by atoms with Crippen LogP contribution in [-0.2, 0) is 10.0 Å². The van der Waals surface area contributed by atoms with E-state index in [1.54, 1.807) is 35.5 Å². The average molecular weight is 431 g/mol. The molecule has 0 bridgehead atoms. The summed E-state index contributed by atoms with van der Waals surface area (Å²) in [7, 11) is -0.183. The highest BCUT2D eigenvalue weighted by atomic mass is 32.2. The molecular weight excluding hydrogens is 400 g/mol. The lowest BCUT2D eigenvalue weighted by molar-refractivity contribution is 0.0741. The molecule has 6 nitrogen and oxygen atoms in total. The number of amides is 1. The second-order valence-electron chi connectivity index (χ2n) is 7.94. The van der Waals surface area contributed by atoms with E-state index < -0.39 is 10.0 Å². The van der Waals surface area contributed by atoms with Crippen molar-refractivity contribution in [3.05, 3.63) is 59.7 Å². The molecule has 2 aromatic rings. The van der Waals surface area contributed by atoms with E-state index >= 15 is 0 Å². The minimum absolute atomic E-state index is 0.177. The molecule has 0 radical (unpaired) electrons. The van der Waals surface area contributed by atoms with Crippen LogP contribution in [0.25, 0.3) is 0 Å². The molecule has 0 aliphatic carbocycles. The number of sulfonamides is 1. The van der Waals surface area contributed by atoms with Crippen molar-refractivity contribution in [1.29, 1.82) is 0 Å². The van der Waals surface area contributed by atoms with Gasteiger partial charge in [0.25, 0.3) is 5.91 Å². The number of ether oxygens (including phenoxy) is 1. The largest absolute Gasteiger partial charge is 0.496 e. The first kappa shape index (κ1) is 22.3. The van der Waals surface area contributed by atoms with Gasteiger partial charge in [-0.1, -0.05) is 25.1 Å². The van der Waals surface area contributed by atoms with Crippen molar-refractivity contribution in [2.24, 2.45) is 5.92 Å². The zero-order valence-electron chi connectivity index (χ0n) is 18.0. The van der Waals surface area contributed by atoms with Crippen molar-refractivity contribution in [1.82, 2.24) is 9.21 Å². The molecule has 162 valence electrons. The predicted molar refractivity (Wildman–Crippen MR) is 117 cm³/mol. The van der Waals surface area contributed by atoms with E-state index in [0.29, 0.717) is 24.6 Å². The molecule has 0 saturated carbocycles. The van der Waals surface area contributed by atoms with Gasteiger partial charge in [-0.3, -0.25) is 4.79 Å². The van der Waals surface area contributed by atoms with Crippen molar-refractivity contribution in [3.63, 3.8) is 0 Å². The Morgan fingerprint density at radius 1 is 1.10 bits per heavy atom. The summed E-state index contributed by atoms with van der Waals surface area (Å²) in [4.78, 5) is 14.8. The van der Waals surface area contributed by atoms with E-state index in [4.69, 9.17) is 4.74 Å². The molecule has 1 saturated heterocycles. The molecule has 1 aliphatic rings. The third-order valence-electron chi connectivity index (χ3n) is 5.97. The Morgan fingerprint density at radius 2 is 1.70 bits per heavy atom. The fourth-order valence-electron chi connectivity index (χ4n) is 3.74. The third kappa shape index (κ3) is 4.52. The summed E-state index contributed by atoms with van der Waals surface area (Å²) < 4.78 is 32.7. The van der Waals surface area contributed by atoms with E-state index in [9.17, 15) is 13.2 Å². The smallest absolute Gasteiger partial charge is 0.254 e. The second-order valence-corrected chi connectivity index (χ2v) is 9.88. The van der Waals surface area contributed by atoms with Gasteiger partial charge in [-0.25, -0.2) is 8.42 Å². The van der Waals surface area contributed by atoms with Gasteiger partial charge in [-0.2, -0.15) is 4.31 Å². The van der Waals surface area contributed by atoms with E-state index in [2.05, 4.69) is 6.92 Å².